The first-order valence-electron chi connectivity index (χ1n) is 7.85. The highest BCUT2D eigenvalue weighted by atomic mass is 32.2. The largest absolute Gasteiger partial charge is 0.343 e. The Morgan fingerprint density at radius 2 is 1.88 bits per heavy atom. The standard InChI is InChI=1S/C19H15FN2O2S/c1-21-18(23)17(25-19(21)24)14-6-4-8-16-13(14)9-10-22(16)11-12-5-2-3-7-15(12)20/h2-10,17H,11H2,1H3. The lowest BCUT2D eigenvalue weighted by Crippen LogP contribution is -2.24. The van der Waals surface area contributed by atoms with E-state index in [-0.39, 0.29) is 17.0 Å². The van der Waals surface area contributed by atoms with Crippen LogP contribution in [0.2, 0.25) is 0 Å². The molecule has 1 atom stereocenters. The van der Waals surface area contributed by atoms with Crippen molar-refractivity contribution < 1.29 is 14.0 Å². The Hall–Kier alpha value is -2.60. The third kappa shape index (κ3) is 2.62. The van der Waals surface area contributed by atoms with E-state index in [9.17, 15) is 14.0 Å². The topological polar surface area (TPSA) is 42.3 Å². The van der Waals surface area contributed by atoms with Gasteiger partial charge in [0.15, 0.2) is 0 Å². The van der Waals surface area contributed by atoms with E-state index >= 15 is 0 Å². The maximum atomic E-state index is 13.9. The number of likely N-dealkylation sites (N-methyl/N-ethyl adjacent to an activating group) is 1. The Bertz CT molecular complexity index is 998. The van der Waals surface area contributed by atoms with Crippen LogP contribution in [0.25, 0.3) is 10.9 Å². The van der Waals surface area contributed by atoms with E-state index in [1.807, 2.05) is 41.1 Å². The van der Waals surface area contributed by atoms with Gasteiger partial charge in [-0.1, -0.05) is 30.3 Å². The molecule has 4 rings (SSSR count). The zero-order valence-corrected chi connectivity index (χ0v) is 14.3. The van der Waals surface area contributed by atoms with Gasteiger partial charge in [-0.3, -0.25) is 14.5 Å². The minimum absolute atomic E-state index is 0.204. The van der Waals surface area contributed by atoms with Crippen molar-refractivity contribution in [1.29, 1.82) is 0 Å². The van der Waals surface area contributed by atoms with E-state index in [1.54, 1.807) is 12.1 Å². The average molecular weight is 354 g/mol. The minimum Gasteiger partial charge on any atom is -0.343 e. The van der Waals surface area contributed by atoms with Gasteiger partial charge in [-0.05, 0) is 35.5 Å². The van der Waals surface area contributed by atoms with Crippen molar-refractivity contribution in [1.82, 2.24) is 9.47 Å². The van der Waals surface area contributed by atoms with E-state index in [2.05, 4.69) is 0 Å². The molecule has 0 aliphatic carbocycles. The first-order valence-corrected chi connectivity index (χ1v) is 8.73. The van der Waals surface area contributed by atoms with Crippen molar-refractivity contribution >= 4 is 33.8 Å². The zero-order valence-electron chi connectivity index (χ0n) is 13.5. The van der Waals surface area contributed by atoms with Gasteiger partial charge >= 0.3 is 0 Å². The summed E-state index contributed by atoms with van der Waals surface area (Å²) in [5.41, 5.74) is 2.33. The van der Waals surface area contributed by atoms with Crippen LogP contribution in [0.15, 0.2) is 54.7 Å². The van der Waals surface area contributed by atoms with Crippen molar-refractivity contribution in [3.63, 3.8) is 0 Å². The first-order chi connectivity index (χ1) is 12.1. The Kier molecular flexibility index (Phi) is 3.84. The Morgan fingerprint density at radius 1 is 1.08 bits per heavy atom. The predicted octanol–water partition coefficient (Wildman–Crippen LogP) is 4.20. The molecule has 6 heteroatoms. The number of carbonyl (C=O) groups is 2. The van der Waals surface area contributed by atoms with E-state index in [0.717, 1.165) is 33.1 Å². The first kappa shape index (κ1) is 15.9. The summed E-state index contributed by atoms with van der Waals surface area (Å²) in [7, 11) is 1.50. The summed E-state index contributed by atoms with van der Waals surface area (Å²) < 4.78 is 15.9. The quantitative estimate of drug-likeness (QED) is 0.708. The number of hydrogen-bond donors (Lipinski definition) is 0. The van der Waals surface area contributed by atoms with Gasteiger partial charge in [0.05, 0.1) is 6.54 Å². The van der Waals surface area contributed by atoms with Crippen LogP contribution in [0, 0.1) is 5.82 Å². The predicted molar refractivity (Wildman–Crippen MR) is 95.9 cm³/mol. The van der Waals surface area contributed by atoms with Gasteiger partial charge < -0.3 is 4.57 Å². The van der Waals surface area contributed by atoms with Crippen molar-refractivity contribution in [3.05, 3.63) is 71.7 Å². The molecule has 2 heterocycles. The van der Waals surface area contributed by atoms with Crippen LogP contribution >= 0.6 is 11.8 Å². The fourth-order valence-corrected chi connectivity index (χ4v) is 4.16. The molecule has 1 fully saturated rings. The number of rotatable bonds is 3. The molecule has 1 unspecified atom stereocenters. The normalized spacial score (nSPS) is 17.7. The van der Waals surface area contributed by atoms with Crippen LogP contribution in [0.5, 0.6) is 0 Å². The van der Waals surface area contributed by atoms with Gasteiger partial charge in [0.1, 0.15) is 11.1 Å². The molecule has 126 valence electrons. The second kappa shape index (κ2) is 6.04. The fraction of sp³-hybridized carbons (Fsp3) is 0.158. The number of halogens is 1. The van der Waals surface area contributed by atoms with Crippen molar-refractivity contribution in [2.75, 3.05) is 7.05 Å². The van der Waals surface area contributed by atoms with Crippen LogP contribution < -0.4 is 0 Å². The number of benzene rings is 2. The molecule has 0 saturated carbocycles. The SMILES string of the molecule is CN1C(=O)SC(c2cccc3c2ccn3Cc2ccccc2F)C1=O. The molecular formula is C19H15FN2O2S. The molecule has 3 aromatic rings. The van der Waals surface area contributed by atoms with Crippen LogP contribution in [0.4, 0.5) is 9.18 Å². The Morgan fingerprint density at radius 3 is 2.60 bits per heavy atom. The number of carbonyl (C=O) groups excluding carboxylic acids is 2. The summed E-state index contributed by atoms with van der Waals surface area (Å²) in [6.45, 7) is 0.407. The maximum absolute atomic E-state index is 13.9. The van der Waals surface area contributed by atoms with Crippen LogP contribution in [-0.4, -0.2) is 27.7 Å². The summed E-state index contributed by atoms with van der Waals surface area (Å²) in [6, 6.07) is 14.3. The highest BCUT2D eigenvalue weighted by Crippen LogP contribution is 2.41. The molecule has 0 bridgehead atoms. The summed E-state index contributed by atoms with van der Waals surface area (Å²) in [5.74, 6) is -0.446. The van der Waals surface area contributed by atoms with E-state index < -0.39 is 5.25 Å². The molecule has 1 aliphatic rings. The Balaban J connectivity index is 1.75. The number of aromatic nitrogens is 1. The van der Waals surface area contributed by atoms with Crippen molar-refractivity contribution in [2.45, 2.75) is 11.8 Å². The third-order valence-corrected chi connectivity index (χ3v) is 5.64. The number of nitrogens with zero attached hydrogens (tertiary/aromatic N) is 2. The molecule has 1 aromatic heterocycles. The highest BCUT2D eigenvalue weighted by molar-refractivity contribution is 8.15. The van der Waals surface area contributed by atoms with Gasteiger partial charge in [-0.2, -0.15) is 0 Å². The van der Waals surface area contributed by atoms with Gasteiger partial charge in [-0.15, -0.1) is 0 Å². The highest BCUT2D eigenvalue weighted by Gasteiger charge is 2.38. The second-order valence-corrected chi connectivity index (χ2v) is 7.03. The molecule has 2 amide bonds. The third-order valence-electron chi connectivity index (χ3n) is 4.48. The lowest BCUT2D eigenvalue weighted by molar-refractivity contribution is -0.125. The molecule has 0 radical (unpaired) electrons. The lowest BCUT2D eigenvalue weighted by Gasteiger charge is -2.11. The molecule has 1 aliphatic heterocycles. The van der Waals surface area contributed by atoms with Gasteiger partial charge in [0, 0.05) is 29.7 Å². The number of amides is 2. The average Bonchev–Trinajstić information content (AvgIpc) is 3.13. The molecule has 0 N–H and O–H groups in total. The maximum Gasteiger partial charge on any atom is 0.289 e. The summed E-state index contributed by atoms with van der Waals surface area (Å²) in [4.78, 5) is 25.3. The molecular weight excluding hydrogens is 339 g/mol. The summed E-state index contributed by atoms with van der Waals surface area (Å²) in [6.07, 6.45) is 1.89. The van der Waals surface area contributed by atoms with Crippen LogP contribution in [-0.2, 0) is 11.3 Å². The van der Waals surface area contributed by atoms with E-state index in [0.29, 0.717) is 12.1 Å². The molecule has 0 spiro atoms. The minimum atomic E-state index is -0.523. The van der Waals surface area contributed by atoms with E-state index in [1.165, 1.54) is 13.1 Å². The molecule has 2 aromatic carbocycles. The summed E-state index contributed by atoms with van der Waals surface area (Å²) >= 11 is 1.03. The van der Waals surface area contributed by atoms with Gasteiger partial charge in [0.25, 0.3) is 5.24 Å². The van der Waals surface area contributed by atoms with Crippen LogP contribution in [0.3, 0.4) is 0 Å². The molecule has 1 saturated heterocycles. The van der Waals surface area contributed by atoms with E-state index in [4.69, 9.17) is 0 Å². The zero-order chi connectivity index (χ0) is 17.6. The number of hydrogen-bond acceptors (Lipinski definition) is 3. The molecule has 25 heavy (non-hydrogen) atoms. The van der Waals surface area contributed by atoms with Crippen LogP contribution in [0.1, 0.15) is 16.4 Å². The smallest absolute Gasteiger partial charge is 0.289 e. The number of fused-ring (bicyclic) bond motifs is 1. The van der Waals surface area contributed by atoms with Gasteiger partial charge in [0.2, 0.25) is 5.91 Å². The Labute approximate surface area is 148 Å². The number of imide groups is 1. The summed E-state index contributed by atoms with van der Waals surface area (Å²) in [5, 5.41) is 0.149. The fourth-order valence-electron chi connectivity index (χ4n) is 3.12. The molecule has 4 nitrogen and oxygen atoms in total. The lowest BCUT2D eigenvalue weighted by atomic mass is 10.1. The van der Waals surface area contributed by atoms with Crippen molar-refractivity contribution in [2.24, 2.45) is 0 Å². The number of thioether (sulfide) groups is 1. The second-order valence-electron chi connectivity index (χ2n) is 5.98. The van der Waals surface area contributed by atoms with Gasteiger partial charge in [-0.25, -0.2) is 4.39 Å². The monoisotopic (exact) mass is 354 g/mol. The van der Waals surface area contributed by atoms with Crippen molar-refractivity contribution in [3.8, 4) is 0 Å².